The smallest absolute Gasteiger partial charge is 0.345 e. The first-order valence-electron chi connectivity index (χ1n) is 4.79. The molecule has 17 heavy (non-hydrogen) atoms. The maximum Gasteiger partial charge on any atom is 0.345 e. The van der Waals surface area contributed by atoms with Gasteiger partial charge in [-0.3, -0.25) is 9.59 Å². The van der Waals surface area contributed by atoms with E-state index < -0.39 is 30.1 Å². The van der Waals surface area contributed by atoms with E-state index in [2.05, 4.69) is 15.9 Å². The van der Waals surface area contributed by atoms with Crippen LogP contribution in [0.4, 0.5) is 0 Å². The molecule has 0 bridgehead atoms. The minimum Gasteiger partial charge on any atom is -0.462 e. The van der Waals surface area contributed by atoms with Crippen LogP contribution in [0.2, 0.25) is 0 Å². The molecule has 0 aromatic rings. The van der Waals surface area contributed by atoms with Gasteiger partial charge in [0.25, 0.3) is 0 Å². The molecule has 0 spiro atoms. The lowest BCUT2D eigenvalue weighted by atomic mass is 10.1. The molecule has 0 saturated heterocycles. The second-order valence-corrected chi connectivity index (χ2v) is 4.19. The fourth-order valence-corrected chi connectivity index (χ4v) is 1.56. The van der Waals surface area contributed by atoms with Crippen LogP contribution < -0.4 is 0 Å². The summed E-state index contributed by atoms with van der Waals surface area (Å²) < 4.78 is 14.8. The van der Waals surface area contributed by atoms with Crippen molar-refractivity contribution in [3.8, 4) is 0 Å². The lowest BCUT2D eigenvalue weighted by Gasteiger charge is -2.27. The molecule has 1 aliphatic rings. The van der Waals surface area contributed by atoms with Crippen molar-refractivity contribution in [2.75, 3.05) is 6.61 Å². The molecule has 1 unspecified atom stereocenters. The second-order valence-electron chi connectivity index (χ2n) is 3.33. The molecular weight excluding hydrogens is 296 g/mol. The minimum atomic E-state index is -0.823. The van der Waals surface area contributed by atoms with Crippen LogP contribution >= 0.6 is 15.9 Å². The summed E-state index contributed by atoms with van der Waals surface area (Å²) in [6, 6.07) is 0. The number of hydrogen-bond donors (Lipinski definition) is 0. The highest BCUT2D eigenvalue weighted by molar-refractivity contribution is 9.12. The Morgan fingerprint density at radius 2 is 2.06 bits per heavy atom. The maximum absolute atomic E-state index is 11.3. The van der Waals surface area contributed by atoms with Crippen molar-refractivity contribution in [2.45, 2.75) is 26.1 Å². The number of carbonyl (C=O) groups excluding carboxylic acids is 3. The first kappa shape index (κ1) is 13.7. The summed E-state index contributed by atoms with van der Waals surface area (Å²) in [4.78, 5) is 32.8. The Morgan fingerprint density at radius 1 is 1.41 bits per heavy atom. The van der Waals surface area contributed by atoms with Crippen LogP contribution in [0.25, 0.3) is 0 Å². The molecule has 0 aromatic heterocycles. The van der Waals surface area contributed by atoms with Crippen molar-refractivity contribution in [2.24, 2.45) is 0 Å². The highest BCUT2D eigenvalue weighted by Gasteiger charge is 2.33. The molecule has 0 amide bonds. The lowest BCUT2D eigenvalue weighted by molar-refractivity contribution is -0.169. The van der Waals surface area contributed by atoms with Crippen molar-refractivity contribution >= 4 is 33.8 Å². The number of esters is 3. The monoisotopic (exact) mass is 306 g/mol. The Labute approximate surface area is 106 Å². The van der Waals surface area contributed by atoms with E-state index in [1.807, 2.05) is 0 Å². The second kappa shape index (κ2) is 5.81. The highest BCUT2D eigenvalue weighted by atomic mass is 79.9. The molecule has 1 rings (SSSR count). The average molecular weight is 307 g/mol. The Hall–Kier alpha value is -1.37. The van der Waals surface area contributed by atoms with E-state index in [0.29, 0.717) is 0 Å². The van der Waals surface area contributed by atoms with Crippen molar-refractivity contribution < 1.29 is 28.6 Å². The summed E-state index contributed by atoms with van der Waals surface area (Å²) in [5.74, 6) is -1.61. The maximum atomic E-state index is 11.3. The van der Waals surface area contributed by atoms with Gasteiger partial charge >= 0.3 is 17.9 Å². The van der Waals surface area contributed by atoms with Crippen LogP contribution in [0.5, 0.6) is 0 Å². The van der Waals surface area contributed by atoms with Gasteiger partial charge in [-0.25, -0.2) is 4.79 Å². The first-order valence-corrected chi connectivity index (χ1v) is 5.58. The number of ether oxygens (including phenoxy) is 3. The van der Waals surface area contributed by atoms with Crippen LogP contribution in [0.3, 0.4) is 0 Å². The van der Waals surface area contributed by atoms with Gasteiger partial charge in [-0.05, 0) is 22.0 Å². The van der Waals surface area contributed by atoms with E-state index in [1.54, 1.807) is 0 Å². The first-order chi connectivity index (χ1) is 7.90. The third kappa shape index (κ3) is 4.18. The summed E-state index contributed by atoms with van der Waals surface area (Å²) in [7, 11) is 0. The van der Waals surface area contributed by atoms with Gasteiger partial charge < -0.3 is 14.2 Å². The summed E-state index contributed by atoms with van der Waals surface area (Å²) in [6.45, 7) is 2.31. The topological polar surface area (TPSA) is 78.9 Å². The van der Waals surface area contributed by atoms with Crippen molar-refractivity contribution in [1.29, 1.82) is 0 Å². The summed E-state index contributed by atoms with van der Waals surface area (Å²) >= 11 is 2.98. The summed E-state index contributed by atoms with van der Waals surface area (Å²) in [5.41, 5.74) is 0. The molecule has 6 nitrogen and oxygen atoms in total. The van der Waals surface area contributed by atoms with Gasteiger partial charge in [0.1, 0.15) is 11.1 Å². The number of rotatable bonds is 3. The van der Waals surface area contributed by atoms with E-state index in [-0.39, 0.29) is 11.1 Å². The molecule has 0 saturated carbocycles. The zero-order valence-corrected chi connectivity index (χ0v) is 10.9. The molecule has 1 heterocycles. The molecule has 1 aliphatic heterocycles. The van der Waals surface area contributed by atoms with Crippen molar-refractivity contribution in [1.82, 2.24) is 0 Å². The molecule has 0 aliphatic carbocycles. The fourth-order valence-electron chi connectivity index (χ4n) is 1.21. The molecule has 0 radical (unpaired) electrons. The standard InChI is InChI=1S/C10H11BrO6/c1-5(12)15-4-9-8(16-6(2)13)3-7(11)10(14)17-9/h3,8-9H,4H2,1-2H3/t8-,9?/m0/s1. The SMILES string of the molecule is CC(=O)OCC1OC(=O)C(Br)=C[C@@H]1OC(C)=O. The molecule has 2 atom stereocenters. The Bertz CT molecular complexity index is 375. The highest BCUT2D eigenvalue weighted by Crippen LogP contribution is 2.21. The van der Waals surface area contributed by atoms with Gasteiger partial charge in [0.15, 0.2) is 12.2 Å². The third-order valence-electron chi connectivity index (χ3n) is 1.88. The largest absolute Gasteiger partial charge is 0.462 e. The minimum absolute atomic E-state index is 0.157. The molecule has 94 valence electrons. The number of hydrogen-bond acceptors (Lipinski definition) is 6. The Kier molecular flexibility index (Phi) is 4.68. The van der Waals surface area contributed by atoms with Crippen molar-refractivity contribution in [3.05, 3.63) is 10.6 Å². The molecular formula is C10H11BrO6. The number of halogens is 1. The van der Waals surface area contributed by atoms with Gasteiger partial charge in [-0.15, -0.1) is 0 Å². The predicted octanol–water partition coefficient (Wildman–Crippen LogP) is 0.685. The van der Waals surface area contributed by atoms with Gasteiger partial charge in [0, 0.05) is 13.8 Å². The number of carbonyl (C=O) groups is 3. The zero-order chi connectivity index (χ0) is 13.0. The third-order valence-corrected chi connectivity index (χ3v) is 2.47. The van der Waals surface area contributed by atoms with E-state index >= 15 is 0 Å². The average Bonchev–Trinajstić information content (AvgIpc) is 2.20. The van der Waals surface area contributed by atoms with E-state index in [4.69, 9.17) is 14.2 Å². The summed E-state index contributed by atoms with van der Waals surface area (Å²) in [6.07, 6.45) is -0.183. The Balaban J connectivity index is 2.74. The van der Waals surface area contributed by atoms with Gasteiger partial charge in [-0.2, -0.15) is 0 Å². The predicted molar refractivity (Wildman–Crippen MR) is 59.1 cm³/mol. The fraction of sp³-hybridized carbons (Fsp3) is 0.500. The van der Waals surface area contributed by atoms with Crippen molar-refractivity contribution in [3.63, 3.8) is 0 Å². The van der Waals surface area contributed by atoms with Gasteiger partial charge in [0.05, 0.1) is 0 Å². The van der Waals surface area contributed by atoms with Gasteiger partial charge in [0.2, 0.25) is 0 Å². The van der Waals surface area contributed by atoms with E-state index in [9.17, 15) is 14.4 Å². The van der Waals surface area contributed by atoms with Crippen LogP contribution in [-0.4, -0.2) is 36.7 Å². The lowest BCUT2D eigenvalue weighted by Crippen LogP contribution is -2.40. The number of cyclic esters (lactones) is 1. The summed E-state index contributed by atoms with van der Waals surface area (Å²) in [5, 5.41) is 0. The van der Waals surface area contributed by atoms with Crippen LogP contribution in [-0.2, 0) is 28.6 Å². The normalized spacial score (nSPS) is 23.5. The van der Waals surface area contributed by atoms with Crippen LogP contribution in [0, 0.1) is 0 Å². The zero-order valence-electron chi connectivity index (χ0n) is 9.27. The van der Waals surface area contributed by atoms with Gasteiger partial charge in [-0.1, -0.05) is 0 Å². The van der Waals surface area contributed by atoms with Crippen LogP contribution in [0.15, 0.2) is 10.6 Å². The molecule has 7 heteroatoms. The van der Waals surface area contributed by atoms with E-state index in [0.717, 1.165) is 0 Å². The molecule has 0 N–H and O–H groups in total. The molecule has 0 fully saturated rings. The van der Waals surface area contributed by atoms with Crippen LogP contribution in [0.1, 0.15) is 13.8 Å². The Morgan fingerprint density at radius 3 is 2.59 bits per heavy atom. The quantitative estimate of drug-likeness (QED) is 0.564. The molecule has 0 aromatic carbocycles. The van der Waals surface area contributed by atoms with E-state index in [1.165, 1.54) is 19.9 Å².